The first-order valence-corrected chi connectivity index (χ1v) is 7.26. The van der Waals surface area contributed by atoms with E-state index >= 15 is 0 Å². The summed E-state index contributed by atoms with van der Waals surface area (Å²) in [5.41, 5.74) is 5.54. The molecule has 0 unspecified atom stereocenters. The van der Waals surface area contributed by atoms with E-state index in [1.54, 1.807) is 11.3 Å². The Morgan fingerprint density at radius 1 is 1.32 bits per heavy atom. The molecule has 6 nitrogen and oxygen atoms in total. The molecular formula is C12H16N6S. The lowest BCUT2D eigenvalue weighted by Crippen LogP contribution is -2.13. The van der Waals surface area contributed by atoms with Crippen molar-refractivity contribution in [2.45, 2.75) is 25.2 Å². The molecule has 2 aromatic heterocycles. The van der Waals surface area contributed by atoms with Crippen molar-refractivity contribution in [3.8, 4) is 0 Å². The van der Waals surface area contributed by atoms with Crippen molar-refractivity contribution < 1.29 is 0 Å². The number of nitrogens with two attached hydrogens (primary N) is 1. The molecule has 3 rings (SSSR count). The number of hydrazine groups is 1. The second kappa shape index (κ2) is 5.50. The van der Waals surface area contributed by atoms with E-state index in [0.717, 1.165) is 30.3 Å². The van der Waals surface area contributed by atoms with E-state index < -0.39 is 0 Å². The number of anilines is 2. The van der Waals surface area contributed by atoms with Gasteiger partial charge in [-0.25, -0.2) is 20.8 Å². The Kier molecular flexibility index (Phi) is 3.56. The zero-order chi connectivity index (χ0) is 13.1. The zero-order valence-electron chi connectivity index (χ0n) is 10.5. The number of nitrogen functional groups attached to an aromatic ring is 1. The number of hydrogen-bond donors (Lipinski definition) is 3. The molecule has 1 fully saturated rings. The van der Waals surface area contributed by atoms with Crippen molar-refractivity contribution in [3.05, 3.63) is 28.5 Å². The summed E-state index contributed by atoms with van der Waals surface area (Å²) in [6, 6.07) is 1.83. The second-order valence-electron chi connectivity index (χ2n) is 4.57. The normalized spacial score (nSPS) is 14.4. The van der Waals surface area contributed by atoms with E-state index in [9.17, 15) is 0 Å². The van der Waals surface area contributed by atoms with Crippen LogP contribution in [0.5, 0.6) is 0 Å². The number of nitrogens with zero attached hydrogens (tertiary/aromatic N) is 3. The van der Waals surface area contributed by atoms with Gasteiger partial charge in [0.15, 0.2) is 0 Å². The average molecular weight is 276 g/mol. The van der Waals surface area contributed by atoms with Gasteiger partial charge in [0.05, 0.1) is 11.2 Å². The number of hydrogen-bond acceptors (Lipinski definition) is 7. The molecule has 0 saturated heterocycles. The van der Waals surface area contributed by atoms with Crippen molar-refractivity contribution in [1.29, 1.82) is 0 Å². The Balaban J connectivity index is 1.64. The highest BCUT2D eigenvalue weighted by molar-refractivity contribution is 7.07. The number of thiazole rings is 1. The molecule has 100 valence electrons. The van der Waals surface area contributed by atoms with Gasteiger partial charge >= 0.3 is 0 Å². The second-order valence-corrected chi connectivity index (χ2v) is 5.29. The van der Waals surface area contributed by atoms with Gasteiger partial charge in [0.1, 0.15) is 17.5 Å². The molecule has 7 heteroatoms. The van der Waals surface area contributed by atoms with Gasteiger partial charge in [0.2, 0.25) is 0 Å². The minimum Gasteiger partial charge on any atom is -0.370 e. The molecule has 2 heterocycles. The summed E-state index contributed by atoms with van der Waals surface area (Å²) in [5.74, 6) is 8.31. The Bertz CT molecular complexity index is 537. The van der Waals surface area contributed by atoms with Crippen LogP contribution >= 0.6 is 11.3 Å². The van der Waals surface area contributed by atoms with Gasteiger partial charge in [-0.05, 0) is 12.8 Å². The Labute approximate surface area is 115 Å². The van der Waals surface area contributed by atoms with Crippen LogP contribution in [0.4, 0.5) is 11.6 Å². The maximum absolute atomic E-state index is 5.44. The molecule has 1 aliphatic carbocycles. The molecule has 0 spiro atoms. The van der Waals surface area contributed by atoms with Crippen molar-refractivity contribution in [2.24, 2.45) is 5.84 Å². The summed E-state index contributed by atoms with van der Waals surface area (Å²) >= 11 is 1.62. The summed E-state index contributed by atoms with van der Waals surface area (Å²) in [5, 5.41) is 5.36. The predicted molar refractivity (Wildman–Crippen MR) is 76.1 cm³/mol. The first-order chi connectivity index (χ1) is 9.35. The van der Waals surface area contributed by atoms with E-state index in [2.05, 4.69) is 31.1 Å². The highest BCUT2D eigenvalue weighted by atomic mass is 32.1. The average Bonchev–Trinajstić information content (AvgIpc) is 3.17. The topological polar surface area (TPSA) is 88.8 Å². The van der Waals surface area contributed by atoms with E-state index in [1.165, 1.54) is 12.8 Å². The smallest absolute Gasteiger partial charge is 0.145 e. The SMILES string of the molecule is NNc1cc(NCCc2cscn2)nc(C2CC2)n1. The Morgan fingerprint density at radius 3 is 2.84 bits per heavy atom. The highest BCUT2D eigenvalue weighted by Gasteiger charge is 2.27. The van der Waals surface area contributed by atoms with Crippen molar-refractivity contribution in [2.75, 3.05) is 17.3 Å². The summed E-state index contributed by atoms with van der Waals surface area (Å²) < 4.78 is 0. The maximum atomic E-state index is 5.44. The van der Waals surface area contributed by atoms with Gasteiger partial charge in [0, 0.05) is 30.3 Å². The van der Waals surface area contributed by atoms with Crippen LogP contribution in [0.3, 0.4) is 0 Å². The van der Waals surface area contributed by atoms with E-state index in [4.69, 9.17) is 5.84 Å². The van der Waals surface area contributed by atoms with Crippen LogP contribution in [0, 0.1) is 0 Å². The third-order valence-corrected chi connectivity index (χ3v) is 3.64. The van der Waals surface area contributed by atoms with Crippen LogP contribution in [0.25, 0.3) is 0 Å². The van der Waals surface area contributed by atoms with Crippen LogP contribution in [-0.2, 0) is 6.42 Å². The van der Waals surface area contributed by atoms with Gasteiger partial charge in [-0.2, -0.15) is 0 Å². The minimum atomic E-state index is 0.507. The highest BCUT2D eigenvalue weighted by Crippen LogP contribution is 2.38. The van der Waals surface area contributed by atoms with Crippen LogP contribution < -0.4 is 16.6 Å². The van der Waals surface area contributed by atoms with Crippen LogP contribution in [-0.4, -0.2) is 21.5 Å². The fraction of sp³-hybridized carbons (Fsp3) is 0.417. The summed E-state index contributed by atoms with van der Waals surface area (Å²) in [6.07, 6.45) is 3.23. The minimum absolute atomic E-state index is 0.507. The molecule has 2 aromatic rings. The molecular weight excluding hydrogens is 260 g/mol. The molecule has 19 heavy (non-hydrogen) atoms. The van der Waals surface area contributed by atoms with Gasteiger partial charge in [-0.15, -0.1) is 11.3 Å². The summed E-state index contributed by atoms with van der Waals surface area (Å²) in [4.78, 5) is 13.2. The lowest BCUT2D eigenvalue weighted by molar-refractivity contribution is 0.909. The first-order valence-electron chi connectivity index (χ1n) is 6.31. The molecule has 0 radical (unpaired) electrons. The fourth-order valence-corrected chi connectivity index (χ4v) is 2.43. The molecule has 0 aliphatic heterocycles. The molecule has 0 amide bonds. The van der Waals surface area contributed by atoms with Gasteiger partial charge in [-0.3, -0.25) is 0 Å². The standard InChI is InChI=1S/C12H16N6S/c13-18-11-5-10(16-12(17-11)8-1-2-8)14-4-3-9-6-19-7-15-9/h5-8H,1-4,13H2,(H2,14,16,17,18). The number of aromatic nitrogens is 3. The van der Waals surface area contributed by atoms with Gasteiger partial charge in [0.25, 0.3) is 0 Å². The van der Waals surface area contributed by atoms with Gasteiger partial charge in [-0.1, -0.05) is 0 Å². The zero-order valence-corrected chi connectivity index (χ0v) is 11.3. The van der Waals surface area contributed by atoms with E-state index in [1.807, 2.05) is 11.6 Å². The molecule has 1 aliphatic rings. The van der Waals surface area contributed by atoms with E-state index in [0.29, 0.717) is 11.7 Å². The first kappa shape index (κ1) is 12.3. The molecule has 1 saturated carbocycles. The fourth-order valence-electron chi connectivity index (χ4n) is 1.83. The third kappa shape index (κ3) is 3.18. The van der Waals surface area contributed by atoms with Crippen LogP contribution in [0.2, 0.25) is 0 Å². The molecule has 0 bridgehead atoms. The monoisotopic (exact) mass is 276 g/mol. The number of rotatable bonds is 6. The third-order valence-electron chi connectivity index (χ3n) is 3.00. The van der Waals surface area contributed by atoms with Crippen molar-refractivity contribution >= 4 is 23.0 Å². The quantitative estimate of drug-likeness (QED) is 0.550. The van der Waals surface area contributed by atoms with Gasteiger partial charge < -0.3 is 10.7 Å². The summed E-state index contributed by atoms with van der Waals surface area (Å²) in [6.45, 7) is 0.800. The molecule has 0 aromatic carbocycles. The lowest BCUT2D eigenvalue weighted by atomic mass is 10.3. The molecule has 4 N–H and O–H groups in total. The van der Waals surface area contributed by atoms with Crippen molar-refractivity contribution in [1.82, 2.24) is 15.0 Å². The largest absolute Gasteiger partial charge is 0.370 e. The van der Waals surface area contributed by atoms with Crippen molar-refractivity contribution in [3.63, 3.8) is 0 Å². The van der Waals surface area contributed by atoms with Crippen LogP contribution in [0.15, 0.2) is 17.0 Å². The lowest BCUT2D eigenvalue weighted by Gasteiger charge is -2.08. The van der Waals surface area contributed by atoms with Crippen LogP contribution in [0.1, 0.15) is 30.3 Å². The Hall–Kier alpha value is -1.73. The van der Waals surface area contributed by atoms with E-state index in [-0.39, 0.29) is 0 Å². The maximum Gasteiger partial charge on any atom is 0.145 e. The Morgan fingerprint density at radius 2 is 2.16 bits per heavy atom. The summed E-state index contributed by atoms with van der Waals surface area (Å²) in [7, 11) is 0. The number of nitrogens with one attached hydrogen (secondary N) is 2. The molecule has 0 atom stereocenters. The predicted octanol–water partition coefficient (Wildman–Crippen LogP) is 1.75.